The molecular formula is C25H28N4O2. The van der Waals surface area contributed by atoms with Crippen LogP contribution in [-0.2, 0) is 4.79 Å². The van der Waals surface area contributed by atoms with Gasteiger partial charge in [-0.1, -0.05) is 18.2 Å². The molecule has 1 unspecified atom stereocenters. The first kappa shape index (κ1) is 20.8. The van der Waals surface area contributed by atoms with Crippen LogP contribution in [0.2, 0.25) is 0 Å². The van der Waals surface area contributed by atoms with E-state index in [1.807, 2.05) is 72.5 Å². The van der Waals surface area contributed by atoms with E-state index in [2.05, 4.69) is 14.9 Å². The number of carbonyl (C=O) groups excluding carboxylic acids is 1. The van der Waals surface area contributed by atoms with Crippen molar-refractivity contribution in [3.8, 4) is 17.0 Å². The summed E-state index contributed by atoms with van der Waals surface area (Å²) >= 11 is 0. The number of para-hydroxylation sites is 1. The third-order valence-corrected chi connectivity index (χ3v) is 5.78. The first-order chi connectivity index (χ1) is 15.2. The standard InChI is InChI=1S/C25H28N4O2/c1-3-29(21-9-5-4-6-10-21)25(30)20-8-7-15-28(17-20)24-16-23(26-18-27-24)19-11-13-22(31-2)14-12-19/h4-6,9-14,16,18,20H,3,7-8,15,17H2,1-2H3. The number of rotatable bonds is 6. The van der Waals surface area contributed by atoms with Crippen molar-refractivity contribution in [1.82, 2.24) is 9.97 Å². The van der Waals surface area contributed by atoms with Crippen molar-refractivity contribution in [2.45, 2.75) is 19.8 Å². The summed E-state index contributed by atoms with van der Waals surface area (Å²) in [4.78, 5) is 26.3. The van der Waals surface area contributed by atoms with Crippen LogP contribution in [0.1, 0.15) is 19.8 Å². The Balaban J connectivity index is 1.51. The molecule has 1 amide bonds. The predicted molar refractivity (Wildman–Crippen MR) is 123 cm³/mol. The number of carbonyl (C=O) groups is 1. The van der Waals surface area contributed by atoms with Gasteiger partial charge < -0.3 is 14.5 Å². The van der Waals surface area contributed by atoms with Gasteiger partial charge in [0.05, 0.1) is 18.7 Å². The van der Waals surface area contributed by atoms with Crippen LogP contribution in [0.25, 0.3) is 11.3 Å². The Labute approximate surface area is 183 Å². The Morgan fingerprint density at radius 1 is 1.13 bits per heavy atom. The lowest BCUT2D eigenvalue weighted by molar-refractivity contribution is -0.122. The molecule has 31 heavy (non-hydrogen) atoms. The fourth-order valence-electron chi connectivity index (χ4n) is 4.12. The van der Waals surface area contributed by atoms with Gasteiger partial charge in [-0.3, -0.25) is 4.79 Å². The monoisotopic (exact) mass is 416 g/mol. The quantitative estimate of drug-likeness (QED) is 0.595. The van der Waals surface area contributed by atoms with E-state index in [0.29, 0.717) is 13.1 Å². The van der Waals surface area contributed by atoms with Crippen LogP contribution in [0.15, 0.2) is 67.0 Å². The van der Waals surface area contributed by atoms with Gasteiger partial charge in [0.25, 0.3) is 0 Å². The number of ether oxygens (including phenoxy) is 1. The Morgan fingerprint density at radius 3 is 2.61 bits per heavy atom. The van der Waals surface area contributed by atoms with Crippen molar-refractivity contribution >= 4 is 17.4 Å². The second-order valence-electron chi connectivity index (χ2n) is 7.69. The molecule has 1 saturated heterocycles. The van der Waals surface area contributed by atoms with Crippen molar-refractivity contribution in [1.29, 1.82) is 0 Å². The Morgan fingerprint density at radius 2 is 1.90 bits per heavy atom. The molecule has 2 aromatic carbocycles. The van der Waals surface area contributed by atoms with Crippen LogP contribution in [0.4, 0.5) is 11.5 Å². The van der Waals surface area contributed by atoms with E-state index >= 15 is 0 Å². The molecule has 1 aliphatic heterocycles. The molecule has 6 nitrogen and oxygen atoms in total. The van der Waals surface area contributed by atoms with E-state index < -0.39 is 0 Å². The van der Waals surface area contributed by atoms with Gasteiger partial charge in [-0.15, -0.1) is 0 Å². The number of nitrogens with zero attached hydrogens (tertiary/aromatic N) is 4. The maximum atomic E-state index is 13.3. The van der Waals surface area contributed by atoms with E-state index in [9.17, 15) is 4.79 Å². The lowest BCUT2D eigenvalue weighted by atomic mass is 9.96. The molecule has 6 heteroatoms. The minimum atomic E-state index is -0.0479. The molecule has 1 atom stereocenters. The van der Waals surface area contributed by atoms with Crippen molar-refractivity contribution in [2.24, 2.45) is 5.92 Å². The van der Waals surface area contributed by atoms with Crippen LogP contribution in [0.3, 0.4) is 0 Å². The highest BCUT2D eigenvalue weighted by atomic mass is 16.5. The zero-order chi connectivity index (χ0) is 21.6. The molecule has 4 rings (SSSR count). The van der Waals surface area contributed by atoms with Crippen LogP contribution >= 0.6 is 0 Å². The van der Waals surface area contributed by atoms with Gasteiger partial charge in [0, 0.05) is 37.0 Å². The number of hydrogen-bond acceptors (Lipinski definition) is 5. The third kappa shape index (κ3) is 4.68. The van der Waals surface area contributed by atoms with Gasteiger partial charge in [0.2, 0.25) is 5.91 Å². The summed E-state index contributed by atoms with van der Waals surface area (Å²) in [6, 6.07) is 19.7. The zero-order valence-electron chi connectivity index (χ0n) is 18.1. The van der Waals surface area contributed by atoms with Gasteiger partial charge in [-0.05, 0) is 56.2 Å². The van der Waals surface area contributed by atoms with Crippen LogP contribution in [-0.4, -0.2) is 42.6 Å². The van der Waals surface area contributed by atoms with E-state index in [-0.39, 0.29) is 11.8 Å². The van der Waals surface area contributed by atoms with Crippen LogP contribution in [0, 0.1) is 5.92 Å². The maximum absolute atomic E-state index is 13.3. The number of anilines is 2. The van der Waals surface area contributed by atoms with Gasteiger partial charge >= 0.3 is 0 Å². The average molecular weight is 417 g/mol. The topological polar surface area (TPSA) is 58.6 Å². The fraction of sp³-hybridized carbons (Fsp3) is 0.320. The molecule has 1 aliphatic rings. The lowest BCUT2D eigenvalue weighted by Gasteiger charge is -2.35. The van der Waals surface area contributed by atoms with Crippen LogP contribution in [0.5, 0.6) is 5.75 Å². The summed E-state index contributed by atoms with van der Waals surface area (Å²) in [5, 5.41) is 0. The molecule has 160 valence electrons. The molecule has 0 saturated carbocycles. The second-order valence-corrected chi connectivity index (χ2v) is 7.69. The molecule has 0 aliphatic carbocycles. The number of aromatic nitrogens is 2. The average Bonchev–Trinajstić information content (AvgIpc) is 2.85. The summed E-state index contributed by atoms with van der Waals surface area (Å²) in [5.41, 5.74) is 2.83. The van der Waals surface area contributed by atoms with Gasteiger partial charge in [0.1, 0.15) is 17.9 Å². The van der Waals surface area contributed by atoms with Crippen molar-refractivity contribution in [2.75, 3.05) is 36.5 Å². The predicted octanol–water partition coefficient (Wildman–Crippen LogP) is 4.42. The first-order valence-electron chi connectivity index (χ1n) is 10.8. The molecule has 0 N–H and O–H groups in total. The highest BCUT2D eigenvalue weighted by Crippen LogP contribution is 2.28. The summed E-state index contributed by atoms with van der Waals surface area (Å²) in [7, 11) is 1.66. The summed E-state index contributed by atoms with van der Waals surface area (Å²) in [5.74, 6) is 1.81. The largest absolute Gasteiger partial charge is 0.497 e. The Hall–Kier alpha value is -3.41. The smallest absolute Gasteiger partial charge is 0.231 e. The number of amides is 1. The molecule has 1 fully saturated rings. The molecule has 2 heterocycles. The van der Waals surface area contributed by atoms with E-state index in [4.69, 9.17) is 4.74 Å². The maximum Gasteiger partial charge on any atom is 0.231 e. The minimum absolute atomic E-state index is 0.0479. The number of methoxy groups -OCH3 is 1. The summed E-state index contributed by atoms with van der Waals surface area (Å²) in [6.07, 6.45) is 3.46. The number of hydrogen-bond donors (Lipinski definition) is 0. The Kier molecular flexibility index (Phi) is 6.46. The van der Waals surface area contributed by atoms with E-state index in [1.54, 1.807) is 13.4 Å². The molecule has 0 spiro atoms. The van der Waals surface area contributed by atoms with Gasteiger partial charge in [-0.2, -0.15) is 0 Å². The fourth-order valence-corrected chi connectivity index (χ4v) is 4.12. The molecule has 0 radical (unpaired) electrons. The first-order valence-corrected chi connectivity index (χ1v) is 10.8. The molecule has 3 aromatic rings. The molecule has 0 bridgehead atoms. The Bertz CT molecular complexity index is 1010. The lowest BCUT2D eigenvalue weighted by Crippen LogP contribution is -2.45. The second kappa shape index (κ2) is 9.60. The molecule has 1 aromatic heterocycles. The number of benzene rings is 2. The third-order valence-electron chi connectivity index (χ3n) is 5.78. The van der Waals surface area contributed by atoms with E-state index in [1.165, 1.54) is 0 Å². The minimum Gasteiger partial charge on any atom is -0.497 e. The van der Waals surface area contributed by atoms with Gasteiger partial charge in [0.15, 0.2) is 0 Å². The van der Waals surface area contributed by atoms with Gasteiger partial charge in [-0.25, -0.2) is 9.97 Å². The zero-order valence-corrected chi connectivity index (χ0v) is 18.1. The SMILES string of the molecule is CCN(C(=O)C1CCCN(c2cc(-c3ccc(OC)cc3)ncn2)C1)c1ccccc1. The van der Waals surface area contributed by atoms with Crippen molar-refractivity contribution in [3.05, 3.63) is 67.0 Å². The van der Waals surface area contributed by atoms with E-state index in [0.717, 1.165) is 47.9 Å². The van der Waals surface area contributed by atoms with Crippen molar-refractivity contribution in [3.63, 3.8) is 0 Å². The number of piperidine rings is 1. The summed E-state index contributed by atoms with van der Waals surface area (Å²) in [6.45, 7) is 4.24. The summed E-state index contributed by atoms with van der Waals surface area (Å²) < 4.78 is 5.24. The highest BCUT2D eigenvalue weighted by molar-refractivity contribution is 5.95. The van der Waals surface area contributed by atoms with Crippen LogP contribution < -0.4 is 14.5 Å². The molecular weight excluding hydrogens is 388 g/mol. The normalized spacial score (nSPS) is 16.1. The van der Waals surface area contributed by atoms with Crippen molar-refractivity contribution < 1.29 is 9.53 Å². The highest BCUT2D eigenvalue weighted by Gasteiger charge is 2.30.